The zero-order valence-electron chi connectivity index (χ0n) is 18.4. The van der Waals surface area contributed by atoms with Crippen LogP contribution in [0.3, 0.4) is 0 Å². The van der Waals surface area contributed by atoms with E-state index in [0.29, 0.717) is 12.1 Å². The van der Waals surface area contributed by atoms with E-state index in [1.165, 1.54) is 4.31 Å². The van der Waals surface area contributed by atoms with Crippen LogP contribution < -0.4 is 4.90 Å². The molecule has 3 aromatic carbocycles. The Morgan fingerprint density at radius 2 is 1.66 bits per heavy atom. The molecule has 0 aromatic heterocycles. The Balaban J connectivity index is 1.75. The predicted molar refractivity (Wildman–Crippen MR) is 125 cm³/mol. The number of aryl methyl sites for hydroxylation is 1. The summed E-state index contributed by atoms with van der Waals surface area (Å²) in [6.45, 7) is 5.55. The molecule has 32 heavy (non-hydrogen) atoms. The third kappa shape index (κ3) is 3.82. The van der Waals surface area contributed by atoms with Crippen molar-refractivity contribution in [2.45, 2.75) is 50.6 Å². The number of nitrogens with zero attached hydrogens (tertiary/aromatic N) is 2. The highest BCUT2D eigenvalue weighted by atomic mass is 32.2. The number of benzene rings is 3. The van der Waals surface area contributed by atoms with Gasteiger partial charge in [-0.2, -0.15) is 4.31 Å². The highest BCUT2D eigenvalue weighted by Crippen LogP contribution is 2.32. The van der Waals surface area contributed by atoms with Crippen molar-refractivity contribution in [2.24, 2.45) is 0 Å². The standard InChI is InChI=1S/C25H26N2O4S/c1-4-18(3)27(32(30,31)22-14-11-19-7-5-6-8-20(19)15-22)23-16-24(28)26(25(23)29)21-12-9-17(2)10-13-21/h5-15,18,23H,4,16H2,1-3H3. The maximum absolute atomic E-state index is 13.7. The fourth-order valence-corrected chi connectivity index (χ4v) is 6.00. The molecule has 1 aliphatic heterocycles. The van der Waals surface area contributed by atoms with Crippen molar-refractivity contribution < 1.29 is 18.0 Å². The van der Waals surface area contributed by atoms with Crippen LogP contribution in [-0.2, 0) is 19.6 Å². The largest absolute Gasteiger partial charge is 0.274 e. The van der Waals surface area contributed by atoms with Crippen LogP contribution in [0.25, 0.3) is 10.8 Å². The number of carbonyl (C=O) groups is 2. The van der Waals surface area contributed by atoms with Gasteiger partial charge in [-0.1, -0.05) is 55.0 Å². The number of carbonyl (C=O) groups excluding carboxylic acids is 2. The first-order chi connectivity index (χ1) is 15.2. The Morgan fingerprint density at radius 3 is 2.31 bits per heavy atom. The van der Waals surface area contributed by atoms with Gasteiger partial charge in [-0.3, -0.25) is 9.59 Å². The van der Waals surface area contributed by atoms with E-state index in [-0.39, 0.29) is 11.3 Å². The average molecular weight is 451 g/mol. The molecule has 0 saturated carbocycles. The van der Waals surface area contributed by atoms with Crippen molar-refractivity contribution in [1.82, 2.24) is 4.31 Å². The van der Waals surface area contributed by atoms with Crippen molar-refractivity contribution >= 4 is 38.3 Å². The van der Waals surface area contributed by atoms with Gasteiger partial charge >= 0.3 is 0 Å². The molecule has 0 spiro atoms. The third-order valence-corrected chi connectivity index (χ3v) is 8.06. The van der Waals surface area contributed by atoms with Gasteiger partial charge in [-0.25, -0.2) is 13.3 Å². The molecule has 166 valence electrons. The molecule has 7 heteroatoms. The van der Waals surface area contributed by atoms with Gasteiger partial charge in [0.1, 0.15) is 6.04 Å². The van der Waals surface area contributed by atoms with Gasteiger partial charge in [-0.05, 0) is 55.3 Å². The molecule has 1 heterocycles. The molecule has 3 aromatic rings. The van der Waals surface area contributed by atoms with Gasteiger partial charge in [-0.15, -0.1) is 0 Å². The van der Waals surface area contributed by atoms with Crippen LogP contribution in [0.4, 0.5) is 5.69 Å². The summed E-state index contributed by atoms with van der Waals surface area (Å²) in [5.41, 5.74) is 1.46. The maximum Gasteiger partial charge on any atom is 0.252 e. The van der Waals surface area contributed by atoms with Crippen molar-refractivity contribution in [3.8, 4) is 0 Å². The topological polar surface area (TPSA) is 74.8 Å². The molecule has 1 aliphatic rings. The van der Waals surface area contributed by atoms with Gasteiger partial charge in [0.25, 0.3) is 5.91 Å². The predicted octanol–water partition coefficient (Wildman–Crippen LogP) is 4.27. The van der Waals surface area contributed by atoms with Crippen LogP contribution in [0, 0.1) is 6.92 Å². The minimum Gasteiger partial charge on any atom is -0.274 e. The summed E-state index contributed by atoms with van der Waals surface area (Å²) in [6.07, 6.45) is 0.333. The number of imide groups is 1. The van der Waals surface area contributed by atoms with Crippen molar-refractivity contribution in [3.05, 3.63) is 72.3 Å². The van der Waals surface area contributed by atoms with E-state index in [9.17, 15) is 18.0 Å². The first kappa shape index (κ1) is 22.2. The van der Waals surface area contributed by atoms with Gasteiger partial charge < -0.3 is 0 Å². The molecule has 6 nitrogen and oxygen atoms in total. The second kappa shape index (κ2) is 8.48. The molecular weight excluding hydrogens is 424 g/mol. The normalized spacial score (nSPS) is 18.0. The van der Waals surface area contributed by atoms with Crippen molar-refractivity contribution in [2.75, 3.05) is 4.90 Å². The SMILES string of the molecule is CCC(C)N(C1CC(=O)N(c2ccc(C)cc2)C1=O)S(=O)(=O)c1ccc2ccccc2c1. The summed E-state index contributed by atoms with van der Waals surface area (Å²) in [6, 6.07) is 18.0. The van der Waals surface area contributed by atoms with Crippen LogP contribution in [0.2, 0.25) is 0 Å². The molecule has 2 unspecified atom stereocenters. The highest BCUT2D eigenvalue weighted by Gasteiger charge is 2.48. The monoisotopic (exact) mass is 450 g/mol. The lowest BCUT2D eigenvalue weighted by Crippen LogP contribution is -2.49. The summed E-state index contributed by atoms with van der Waals surface area (Å²) in [5.74, 6) is -0.908. The quantitative estimate of drug-likeness (QED) is 0.526. The van der Waals surface area contributed by atoms with E-state index in [0.717, 1.165) is 21.2 Å². The number of hydrogen-bond acceptors (Lipinski definition) is 4. The van der Waals surface area contributed by atoms with Crippen molar-refractivity contribution in [3.63, 3.8) is 0 Å². The van der Waals surface area contributed by atoms with Crippen LogP contribution >= 0.6 is 0 Å². The number of amides is 2. The number of hydrogen-bond donors (Lipinski definition) is 0. The summed E-state index contributed by atoms with van der Waals surface area (Å²) in [4.78, 5) is 27.4. The Morgan fingerprint density at radius 1 is 1.00 bits per heavy atom. The van der Waals surface area contributed by atoms with Gasteiger partial charge in [0, 0.05) is 6.04 Å². The second-order valence-electron chi connectivity index (χ2n) is 8.22. The Kier molecular flexibility index (Phi) is 5.88. The minimum absolute atomic E-state index is 0.116. The summed E-state index contributed by atoms with van der Waals surface area (Å²) in [7, 11) is -4.02. The lowest BCUT2D eigenvalue weighted by Gasteiger charge is -2.31. The molecule has 0 aliphatic carbocycles. The second-order valence-corrected chi connectivity index (χ2v) is 10.1. The first-order valence-electron chi connectivity index (χ1n) is 10.7. The molecule has 0 bridgehead atoms. The Bertz CT molecular complexity index is 1280. The zero-order chi connectivity index (χ0) is 23.0. The number of rotatable bonds is 6. The summed E-state index contributed by atoms with van der Waals surface area (Å²) < 4.78 is 28.7. The van der Waals surface area contributed by atoms with E-state index in [4.69, 9.17) is 0 Å². The lowest BCUT2D eigenvalue weighted by molar-refractivity contribution is -0.122. The molecule has 0 radical (unpaired) electrons. The van der Waals surface area contributed by atoms with E-state index in [1.54, 1.807) is 37.3 Å². The third-order valence-electron chi connectivity index (χ3n) is 6.04. The average Bonchev–Trinajstić information content (AvgIpc) is 3.07. The fraction of sp³-hybridized carbons (Fsp3) is 0.280. The van der Waals surface area contributed by atoms with Crippen LogP contribution in [0.5, 0.6) is 0 Å². The molecule has 4 rings (SSSR count). The molecule has 1 saturated heterocycles. The van der Waals surface area contributed by atoms with Crippen LogP contribution in [-0.4, -0.2) is 36.6 Å². The van der Waals surface area contributed by atoms with E-state index < -0.39 is 33.9 Å². The highest BCUT2D eigenvalue weighted by molar-refractivity contribution is 7.89. The smallest absolute Gasteiger partial charge is 0.252 e. The number of anilines is 1. The molecule has 2 atom stereocenters. The molecule has 0 N–H and O–H groups in total. The first-order valence-corrected chi connectivity index (χ1v) is 12.1. The lowest BCUT2D eigenvalue weighted by atomic mass is 10.1. The molecule has 1 fully saturated rings. The summed E-state index contributed by atoms with van der Waals surface area (Å²) >= 11 is 0. The minimum atomic E-state index is -4.02. The van der Waals surface area contributed by atoms with E-state index in [1.807, 2.05) is 50.2 Å². The van der Waals surface area contributed by atoms with E-state index >= 15 is 0 Å². The summed E-state index contributed by atoms with van der Waals surface area (Å²) in [5, 5.41) is 1.73. The van der Waals surface area contributed by atoms with Gasteiger partial charge in [0.2, 0.25) is 15.9 Å². The maximum atomic E-state index is 13.7. The number of fused-ring (bicyclic) bond motifs is 1. The van der Waals surface area contributed by atoms with Crippen molar-refractivity contribution in [1.29, 1.82) is 0 Å². The van der Waals surface area contributed by atoms with Crippen LogP contribution in [0.1, 0.15) is 32.3 Å². The van der Waals surface area contributed by atoms with Crippen LogP contribution in [0.15, 0.2) is 71.6 Å². The Hall–Kier alpha value is -3.03. The Labute approximate surface area is 188 Å². The molecule has 2 amide bonds. The zero-order valence-corrected chi connectivity index (χ0v) is 19.2. The van der Waals surface area contributed by atoms with Gasteiger partial charge in [0.05, 0.1) is 17.0 Å². The van der Waals surface area contributed by atoms with E-state index in [2.05, 4.69) is 0 Å². The van der Waals surface area contributed by atoms with Gasteiger partial charge in [0.15, 0.2) is 0 Å². The molecular formula is C25H26N2O4S. The number of sulfonamides is 1. The fourth-order valence-electron chi connectivity index (χ4n) is 4.12.